The van der Waals surface area contributed by atoms with E-state index in [0.717, 1.165) is 51.4 Å². The van der Waals surface area contributed by atoms with E-state index in [-0.39, 0.29) is 43.1 Å². The van der Waals surface area contributed by atoms with Crippen molar-refractivity contribution >= 4 is 11.9 Å². The van der Waals surface area contributed by atoms with Gasteiger partial charge in [-0.25, -0.2) is 0 Å². The van der Waals surface area contributed by atoms with Crippen LogP contribution < -0.4 is 0 Å². The van der Waals surface area contributed by atoms with Gasteiger partial charge in [0, 0.05) is 12.8 Å². The number of rotatable bonds is 22. The average Bonchev–Trinajstić information content (AvgIpc) is 2.93. The highest BCUT2D eigenvalue weighted by atomic mass is 16.5. The molecule has 2 aliphatic carbocycles. The number of fused-ring (bicyclic) bond motifs is 2. The van der Waals surface area contributed by atoms with Crippen LogP contribution in [0.25, 0.3) is 0 Å². The van der Waals surface area contributed by atoms with Crippen molar-refractivity contribution in [2.45, 2.75) is 136 Å². The Bertz CT molecular complexity index is 828. The molecule has 4 unspecified atom stereocenters. The molecule has 1 fully saturated rings. The minimum absolute atomic E-state index is 0.0933. The van der Waals surface area contributed by atoms with E-state index in [1.807, 2.05) is 0 Å². The first-order valence-corrected chi connectivity index (χ1v) is 16.8. The summed E-state index contributed by atoms with van der Waals surface area (Å²) >= 11 is 0. The zero-order valence-electron chi connectivity index (χ0n) is 26.5. The molecule has 41 heavy (non-hydrogen) atoms. The number of unbranched alkanes of at least 4 members (excludes halogenated alkanes) is 8. The third kappa shape index (κ3) is 15.8. The van der Waals surface area contributed by atoms with Crippen molar-refractivity contribution in [3.63, 3.8) is 0 Å². The second-order valence-corrected chi connectivity index (χ2v) is 13.1. The van der Waals surface area contributed by atoms with Crippen molar-refractivity contribution in [1.82, 2.24) is 0 Å². The summed E-state index contributed by atoms with van der Waals surface area (Å²) in [6, 6.07) is 0. The normalized spacial score (nSPS) is 23.1. The summed E-state index contributed by atoms with van der Waals surface area (Å²) in [5.74, 6) is 0.444. The number of carbonyl (C=O) groups is 2. The maximum Gasteiger partial charge on any atom is 0.305 e. The van der Waals surface area contributed by atoms with Gasteiger partial charge in [0.15, 0.2) is 0 Å². The highest BCUT2D eigenvalue weighted by Crippen LogP contribution is 2.52. The predicted molar refractivity (Wildman–Crippen MR) is 168 cm³/mol. The molecule has 0 aromatic rings. The van der Waals surface area contributed by atoms with E-state index in [1.165, 1.54) is 51.4 Å². The fourth-order valence-electron chi connectivity index (χ4n) is 6.77. The third-order valence-corrected chi connectivity index (χ3v) is 8.68. The maximum atomic E-state index is 12.5. The Morgan fingerprint density at radius 3 is 2.22 bits per heavy atom. The van der Waals surface area contributed by atoms with Gasteiger partial charge < -0.3 is 14.6 Å². The van der Waals surface area contributed by atoms with Gasteiger partial charge in [0.25, 0.3) is 0 Å². The fraction of sp³-hybridized carbons (Fsp3) is 0.778. The molecule has 0 spiro atoms. The summed E-state index contributed by atoms with van der Waals surface area (Å²) in [6.07, 6.45) is 30.5. The van der Waals surface area contributed by atoms with Crippen LogP contribution in [0.5, 0.6) is 0 Å². The van der Waals surface area contributed by atoms with Crippen LogP contribution in [0.15, 0.2) is 36.0 Å². The van der Waals surface area contributed by atoms with Gasteiger partial charge >= 0.3 is 11.9 Å². The molecule has 2 rings (SSSR count). The molecule has 0 radical (unpaired) electrons. The lowest BCUT2D eigenvalue weighted by molar-refractivity contribution is -0.150. The zero-order chi connectivity index (χ0) is 29.8. The number of ether oxygens (including phenoxy) is 2. The topological polar surface area (TPSA) is 72.8 Å². The monoisotopic (exact) mass is 572 g/mol. The Balaban J connectivity index is 1.47. The Morgan fingerprint density at radius 1 is 0.902 bits per heavy atom. The summed E-state index contributed by atoms with van der Waals surface area (Å²) in [4.78, 5) is 24.6. The van der Waals surface area contributed by atoms with Crippen LogP contribution in [-0.4, -0.2) is 36.9 Å². The standard InChI is InChI=1S/C36H60O5/c1-4-5-6-7-8-9-10-11-12-13-14-15-16-17-18-19-34(38)40-28-33(27-37)29-41-35(39)20-21-36-24-30(2)22-32(26-36)23-31(3)25-36/h8-9,11-12,22,30-31,33,37H,4-7,10,13-21,23-29H2,1-3H3/b9-8-,12-11-. The maximum absolute atomic E-state index is 12.5. The molecule has 1 N–H and O–H groups in total. The number of hydrogen-bond donors (Lipinski definition) is 1. The van der Waals surface area contributed by atoms with Crippen molar-refractivity contribution in [3.05, 3.63) is 36.0 Å². The lowest BCUT2D eigenvalue weighted by Crippen LogP contribution is -2.34. The van der Waals surface area contributed by atoms with Crippen molar-refractivity contribution in [2.24, 2.45) is 23.2 Å². The highest BCUT2D eigenvalue weighted by Gasteiger charge is 2.40. The first-order chi connectivity index (χ1) is 19.9. The Labute approximate surface area is 251 Å². The van der Waals surface area contributed by atoms with Crippen LogP contribution in [0.4, 0.5) is 0 Å². The van der Waals surface area contributed by atoms with Crippen LogP contribution in [0.1, 0.15) is 136 Å². The largest absolute Gasteiger partial charge is 0.465 e. The quantitative estimate of drug-likeness (QED) is 0.0796. The first-order valence-electron chi connectivity index (χ1n) is 16.8. The summed E-state index contributed by atoms with van der Waals surface area (Å²) < 4.78 is 10.9. The number of allylic oxidation sites excluding steroid dienone is 6. The Kier molecular flexibility index (Phi) is 18.0. The number of esters is 2. The van der Waals surface area contributed by atoms with Gasteiger partial charge in [0.05, 0.1) is 25.7 Å². The van der Waals surface area contributed by atoms with Gasteiger partial charge in [-0.3, -0.25) is 9.59 Å². The fourth-order valence-corrected chi connectivity index (χ4v) is 6.77. The van der Waals surface area contributed by atoms with Crippen LogP contribution in [0.2, 0.25) is 0 Å². The molecule has 1 saturated carbocycles. The molecule has 5 heteroatoms. The number of aliphatic hydroxyl groups is 1. The van der Waals surface area contributed by atoms with Gasteiger partial charge in [-0.2, -0.15) is 0 Å². The molecule has 5 nitrogen and oxygen atoms in total. The van der Waals surface area contributed by atoms with E-state index in [9.17, 15) is 14.7 Å². The second kappa shape index (κ2) is 20.9. The second-order valence-electron chi connectivity index (χ2n) is 13.1. The van der Waals surface area contributed by atoms with Gasteiger partial charge in [-0.05, 0) is 87.9 Å². The smallest absolute Gasteiger partial charge is 0.305 e. The molecular weight excluding hydrogens is 512 g/mol. The Morgan fingerprint density at radius 2 is 1.54 bits per heavy atom. The van der Waals surface area contributed by atoms with Crippen molar-refractivity contribution in [1.29, 1.82) is 0 Å². The first kappa shape index (κ1) is 35.3. The van der Waals surface area contributed by atoms with Crippen LogP contribution in [-0.2, 0) is 19.1 Å². The molecular formula is C36H60O5. The molecule has 2 aliphatic rings. The molecule has 0 heterocycles. The van der Waals surface area contributed by atoms with Crippen molar-refractivity contribution in [3.8, 4) is 0 Å². The molecule has 4 atom stereocenters. The van der Waals surface area contributed by atoms with E-state index in [2.05, 4.69) is 51.2 Å². The number of carbonyl (C=O) groups excluding carboxylic acids is 2. The van der Waals surface area contributed by atoms with Crippen molar-refractivity contribution < 1.29 is 24.2 Å². The highest BCUT2D eigenvalue weighted by molar-refractivity contribution is 5.69. The van der Waals surface area contributed by atoms with Gasteiger partial charge in [-0.1, -0.05) is 88.8 Å². The van der Waals surface area contributed by atoms with Crippen molar-refractivity contribution in [2.75, 3.05) is 19.8 Å². The molecule has 0 aliphatic heterocycles. The molecule has 0 amide bonds. The lowest BCUT2D eigenvalue weighted by Gasteiger charge is -2.46. The third-order valence-electron chi connectivity index (χ3n) is 8.68. The summed E-state index contributed by atoms with van der Waals surface area (Å²) in [5, 5.41) is 9.68. The van der Waals surface area contributed by atoms with E-state index in [0.29, 0.717) is 24.7 Å². The Hall–Kier alpha value is -1.88. The summed E-state index contributed by atoms with van der Waals surface area (Å²) in [7, 11) is 0. The molecule has 234 valence electrons. The predicted octanol–water partition coefficient (Wildman–Crippen LogP) is 9.05. The summed E-state index contributed by atoms with van der Waals surface area (Å²) in [5.41, 5.74) is 1.80. The van der Waals surface area contributed by atoms with E-state index in [4.69, 9.17) is 9.47 Å². The van der Waals surface area contributed by atoms with E-state index in [1.54, 1.807) is 5.57 Å². The van der Waals surface area contributed by atoms with Crippen LogP contribution in [0.3, 0.4) is 0 Å². The van der Waals surface area contributed by atoms with Crippen LogP contribution >= 0.6 is 0 Å². The summed E-state index contributed by atoms with van der Waals surface area (Å²) in [6.45, 7) is 6.86. The molecule has 0 aromatic carbocycles. The number of hydrogen-bond acceptors (Lipinski definition) is 5. The molecule has 0 saturated heterocycles. The SMILES string of the molecule is CCCCC/C=C\C/C=C\CCCCCCCC(=O)OCC(CO)COC(=O)CCC12CC(=CC(C)C1)CC(C)C2. The lowest BCUT2D eigenvalue weighted by atomic mass is 9.59. The average molecular weight is 573 g/mol. The minimum atomic E-state index is -0.371. The van der Waals surface area contributed by atoms with E-state index < -0.39 is 0 Å². The van der Waals surface area contributed by atoms with E-state index >= 15 is 0 Å². The minimum Gasteiger partial charge on any atom is -0.465 e. The van der Waals surface area contributed by atoms with Gasteiger partial charge in [-0.15, -0.1) is 0 Å². The zero-order valence-corrected chi connectivity index (χ0v) is 26.5. The molecule has 0 aromatic heterocycles. The molecule has 2 bridgehead atoms. The van der Waals surface area contributed by atoms with Gasteiger partial charge in [0.2, 0.25) is 0 Å². The van der Waals surface area contributed by atoms with Gasteiger partial charge in [0.1, 0.15) is 0 Å². The van der Waals surface area contributed by atoms with Crippen LogP contribution in [0, 0.1) is 23.2 Å². The number of aliphatic hydroxyl groups excluding tert-OH is 1.